The maximum atomic E-state index is 14.4. The van der Waals surface area contributed by atoms with E-state index in [2.05, 4.69) is 21.7 Å². The van der Waals surface area contributed by atoms with Gasteiger partial charge in [0, 0.05) is 18.7 Å². The largest absolute Gasteiger partial charge is 0.392 e. The van der Waals surface area contributed by atoms with Crippen LogP contribution in [0.4, 0.5) is 16.0 Å². The Labute approximate surface area is 186 Å². The minimum Gasteiger partial charge on any atom is -0.392 e. The highest BCUT2D eigenvalue weighted by molar-refractivity contribution is 5.81. The third-order valence-electron chi connectivity index (χ3n) is 6.17. The number of nitrogens with zero attached hydrogens (tertiary/aromatic N) is 3. The Balaban J connectivity index is 1.84. The molecule has 0 radical (unpaired) electrons. The number of aliphatic hydroxyl groups excluding tert-OH is 1. The average Bonchev–Trinajstić information content (AvgIpc) is 2.83. The summed E-state index contributed by atoms with van der Waals surface area (Å²) in [6.07, 6.45) is 3.21. The number of hydrogen-bond donors (Lipinski definition) is 2. The highest BCUT2D eigenvalue weighted by Crippen LogP contribution is 2.32. The van der Waals surface area contributed by atoms with Crippen molar-refractivity contribution in [3.63, 3.8) is 0 Å². The summed E-state index contributed by atoms with van der Waals surface area (Å²) in [6.45, 7) is 10.8. The predicted molar refractivity (Wildman–Crippen MR) is 123 cm³/mol. The van der Waals surface area contributed by atoms with E-state index in [0.717, 1.165) is 37.9 Å². The van der Waals surface area contributed by atoms with E-state index in [1.807, 2.05) is 0 Å². The second kappa shape index (κ2) is 9.33. The van der Waals surface area contributed by atoms with E-state index < -0.39 is 5.82 Å². The van der Waals surface area contributed by atoms with Crippen LogP contribution in [0.25, 0.3) is 27.2 Å². The first-order chi connectivity index (χ1) is 15.5. The van der Waals surface area contributed by atoms with Crippen molar-refractivity contribution in [2.24, 2.45) is 5.92 Å². The zero-order valence-corrected chi connectivity index (χ0v) is 17.9. The van der Waals surface area contributed by atoms with Crippen LogP contribution in [0.15, 0.2) is 47.3 Å². The Morgan fingerprint density at radius 1 is 1.19 bits per heavy atom. The van der Waals surface area contributed by atoms with Crippen molar-refractivity contribution in [2.75, 3.05) is 18.0 Å². The van der Waals surface area contributed by atoms with E-state index in [1.165, 1.54) is 12.1 Å². The molecule has 3 aromatic rings. The Morgan fingerprint density at radius 2 is 1.88 bits per heavy atom. The molecule has 0 spiro atoms. The van der Waals surface area contributed by atoms with Gasteiger partial charge < -0.3 is 10.0 Å². The summed E-state index contributed by atoms with van der Waals surface area (Å²) in [6, 6.07) is 11.3. The lowest BCUT2D eigenvalue weighted by molar-refractivity contribution is 0.282. The summed E-state index contributed by atoms with van der Waals surface area (Å²) in [5, 5.41) is 9.33. The highest BCUT2D eigenvalue weighted by atomic mass is 19.1. The average molecular weight is 432 g/mol. The van der Waals surface area contributed by atoms with Gasteiger partial charge >= 0.3 is 0 Å². The van der Waals surface area contributed by atoms with Crippen molar-refractivity contribution in [1.29, 1.82) is 0 Å². The second-order valence-electron chi connectivity index (χ2n) is 8.08. The lowest BCUT2D eigenvalue weighted by Gasteiger charge is -2.32. The van der Waals surface area contributed by atoms with Crippen LogP contribution in [0.1, 0.15) is 31.7 Å². The molecule has 0 amide bonds. The third kappa shape index (κ3) is 4.27. The third-order valence-corrected chi connectivity index (χ3v) is 6.17. The fourth-order valence-corrected chi connectivity index (χ4v) is 4.16. The molecule has 0 bridgehead atoms. The zero-order valence-electron chi connectivity index (χ0n) is 17.9. The van der Waals surface area contributed by atoms with Crippen molar-refractivity contribution >= 4 is 11.6 Å². The molecule has 4 rings (SSSR count). The fraction of sp³-hybridized carbons (Fsp3) is 0.320. The molecule has 7 heteroatoms. The standard InChI is InChI=1S/C25H25FN4O2/c1-3-16-10-12-30(13-11-16)25-28-23(19-8-9-21(27-2)20(26)14-19)22(24(32)29-25)18-6-4-17(15-31)5-7-18/h4-9,14,16,31H,3,10-13,15H2,1H3,(H,28,29,32). The van der Waals surface area contributed by atoms with Gasteiger partial charge in [0.1, 0.15) is 5.82 Å². The molecular formula is C25H25FN4O2. The van der Waals surface area contributed by atoms with Crippen molar-refractivity contribution in [2.45, 2.75) is 32.8 Å². The summed E-state index contributed by atoms with van der Waals surface area (Å²) in [5.74, 6) is 0.508. The van der Waals surface area contributed by atoms with Gasteiger partial charge in [-0.15, -0.1) is 0 Å². The topological polar surface area (TPSA) is 73.6 Å². The number of benzene rings is 2. The summed E-state index contributed by atoms with van der Waals surface area (Å²) >= 11 is 0. The monoisotopic (exact) mass is 432 g/mol. The number of anilines is 1. The molecule has 164 valence electrons. The van der Waals surface area contributed by atoms with Crippen LogP contribution in [0.2, 0.25) is 0 Å². The number of piperidine rings is 1. The van der Waals surface area contributed by atoms with Gasteiger partial charge in [0.05, 0.1) is 24.4 Å². The minimum atomic E-state index is -0.647. The van der Waals surface area contributed by atoms with Gasteiger partial charge in [0.25, 0.3) is 5.56 Å². The Hall–Kier alpha value is -3.50. The van der Waals surface area contributed by atoms with Gasteiger partial charge in [0.15, 0.2) is 0 Å². The van der Waals surface area contributed by atoms with Crippen LogP contribution in [-0.2, 0) is 6.61 Å². The van der Waals surface area contributed by atoms with Gasteiger partial charge in [-0.25, -0.2) is 14.2 Å². The van der Waals surface area contributed by atoms with E-state index in [4.69, 9.17) is 11.6 Å². The highest BCUT2D eigenvalue weighted by Gasteiger charge is 2.23. The van der Waals surface area contributed by atoms with E-state index in [9.17, 15) is 14.3 Å². The molecule has 0 unspecified atom stereocenters. The number of halogens is 1. The first-order valence-corrected chi connectivity index (χ1v) is 10.8. The first kappa shape index (κ1) is 21.7. The quantitative estimate of drug-likeness (QED) is 0.562. The van der Waals surface area contributed by atoms with Crippen LogP contribution >= 0.6 is 0 Å². The summed E-state index contributed by atoms with van der Waals surface area (Å²) in [5.41, 5.74) is 2.10. The van der Waals surface area contributed by atoms with Gasteiger partial charge in [0.2, 0.25) is 11.6 Å². The molecule has 1 fully saturated rings. The smallest absolute Gasteiger partial charge is 0.260 e. The number of H-pyrrole nitrogens is 1. The molecule has 0 atom stereocenters. The minimum absolute atomic E-state index is 0.0747. The van der Waals surface area contributed by atoms with Crippen molar-refractivity contribution in [1.82, 2.24) is 9.97 Å². The van der Waals surface area contributed by atoms with E-state index in [0.29, 0.717) is 34.3 Å². The molecular weight excluding hydrogens is 407 g/mol. The molecule has 1 aliphatic rings. The zero-order chi connectivity index (χ0) is 22.7. The molecule has 1 saturated heterocycles. The van der Waals surface area contributed by atoms with E-state index in [1.54, 1.807) is 30.3 Å². The molecule has 1 aliphatic heterocycles. The lowest BCUT2D eigenvalue weighted by atomic mass is 9.94. The maximum absolute atomic E-state index is 14.4. The molecule has 0 saturated carbocycles. The van der Waals surface area contributed by atoms with Crippen LogP contribution < -0.4 is 10.5 Å². The molecule has 2 N–H and O–H groups in total. The SMILES string of the molecule is [C-]#[N+]c1ccc(-c2nc(N3CCC(CC)CC3)[nH]c(=O)c2-c2ccc(CO)cc2)cc1F. The van der Waals surface area contributed by atoms with Crippen molar-refractivity contribution < 1.29 is 9.50 Å². The summed E-state index contributed by atoms with van der Waals surface area (Å²) in [4.78, 5) is 26.2. The van der Waals surface area contributed by atoms with Gasteiger partial charge in [-0.1, -0.05) is 49.7 Å². The van der Waals surface area contributed by atoms with Crippen LogP contribution in [0.3, 0.4) is 0 Å². The number of aliphatic hydroxyl groups is 1. The molecule has 2 heterocycles. The Kier molecular flexibility index (Phi) is 6.33. The molecule has 32 heavy (non-hydrogen) atoms. The molecule has 0 aliphatic carbocycles. The van der Waals surface area contributed by atoms with Gasteiger partial charge in [-0.2, -0.15) is 0 Å². The van der Waals surface area contributed by atoms with Gasteiger partial charge in [-0.05, 0) is 36.0 Å². The second-order valence-corrected chi connectivity index (χ2v) is 8.08. The first-order valence-electron chi connectivity index (χ1n) is 10.8. The number of nitrogens with one attached hydrogen (secondary N) is 1. The number of rotatable bonds is 5. The number of hydrogen-bond acceptors (Lipinski definition) is 4. The number of aromatic nitrogens is 2. The summed E-state index contributed by atoms with van der Waals surface area (Å²) in [7, 11) is 0. The van der Waals surface area contributed by atoms with Crippen molar-refractivity contribution in [3.8, 4) is 22.4 Å². The fourth-order valence-electron chi connectivity index (χ4n) is 4.16. The van der Waals surface area contributed by atoms with E-state index in [-0.39, 0.29) is 17.9 Å². The molecule has 6 nitrogen and oxygen atoms in total. The molecule has 2 aromatic carbocycles. The van der Waals surface area contributed by atoms with Crippen molar-refractivity contribution in [3.05, 3.63) is 75.6 Å². The van der Waals surface area contributed by atoms with Crippen LogP contribution in [0.5, 0.6) is 0 Å². The lowest BCUT2D eigenvalue weighted by Crippen LogP contribution is -2.36. The van der Waals surface area contributed by atoms with Gasteiger partial charge in [-0.3, -0.25) is 9.78 Å². The number of aromatic amines is 1. The summed E-state index contributed by atoms with van der Waals surface area (Å²) < 4.78 is 14.4. The Bertz CT molecular complexity index is 1210. The predicted octanol–water partition coefficient (Wildman–Crippen LogP) is 4.91. The van der Waals surface area contributed by atoms with Crippen LogP contribution in [0, 0.1) is 18.3 Å². The molecule has 1 aromatic heterocycles. The van der Waals surface area contributed by atoms with E-state index >= 15 is 0 Å². The normalized spacial score (nSPS) is 14.4. The Morgan fingerprint density at radius 3 is 2.47 bits per heavy atom. The maximum Gasteiger partial charge on any atom is 0.260 e. The van der Waals surface area contributed by atoms with Crippen LogP contribution in [-0.4, -0.2) is 28.2 Å².